The average Bonchev–Trinajstić information content (AvgIpc) is 2.35. The monoisotopic (exact) mass is 296 g/mol. The van der Waals surface area contributed by atoms with Gasteiger partial charge in [0.05, 0.1) is 12.2 Å². The SMILES string of the molecule is CC1CCCC(CNC(C)C)(CN2CCOC(C)(C)C2)C1. The minimum Gasteiger partial charge on any atom is -0.373 e. The maximum Gasteiger partial charge on any atom is 0.0753 e. The third-order valence-corrected chi connectivity index (χ3v) is 5.13. The molecule has 1 saturated carbocycles. The minimum atomic E-state index is 0.0190. The maximum absolute atomic E-state index is 5.88. The van der Waals surface area contributed by atoms with E-state index in [2.05, 4.69) is 44.8 Å². The van der Waals surface area contributed by atoms with Crippen LogP contribution in [0.4, 0.5) is 0 Å². The molecule has 0 aromatic carbocycles. The molecule has 2 aliphatic rings. The molecule has 2 rings (SSSR count). The number of nitrogens with zero attached hydrogens (tertiary/aromatic N) is 1. The summed E-state index contributed by atoms with van der Waals surface area (Å²) in [5.74, 6) is 0.877. The number of rotatable bonds is 5. The van der Waals surface area contributed by atoms with Crippen molar-refractivity contribution in [3.8, 4) is 0 Å². The van der Waals surface area contributed by atoms with Crippen molar-refractivity contribution in [3.05, 3.63) is 0 Å². The van der Waals surface area contributed by atoms with Crippen molar-refractivity contribution in [1.29, 1.82) is 0 Å². The van der Waals surface area contributed by atoms with Gasteiger partial charge in [-0.25, -0.2) is 0 Å². The van der Waals surface area contributed by atoms with Gasteiger partial charge in [0.15, 0.2) is 0 Å². The van der Waals surface area contributed by atoms with Crippen molar-refractivity contribution in [3.63, 3.8) is 0 Å². The molecule has 0 bridgehead atoms. The lowest BCUT2D eigenvalue weighted by atomic mass is 9.69. The lowest BCUT2D eigenvalue weighted by molar-refractivity contribution is -0.0976. The summed E-state index contributed by atoms with van der Waals surface area (Å²) in [4.78, 5) is 2.66. The second kappa shape index (κ2) is 6.97. The molecule has 1 aliphatic carbocycles. The predicted octanol–water partition coefficient (Wildman–Crippen LogP) is 3.29. The molecule has 1 saturated heterocycles. The predicted molar refractivity (Wildman–Crippen MR) is 89.7 cm³/mol. The Labute approximate surface area is 131 Å². The Bertz CT molecular complexity index is 329. The van der Waals surface area contributed by atoms with Crippen molar-refractivity contribution in [2.24, 2.45) is 11.3 Å². The summed E-state index contributed by atoms with van der Waals surface area (Å²) in [5, 5.41) is 3.73. The summed E-state index contributed by atoms with van der Waals surface area (Å²) < 4.78 is 5.88. The molecule has 0 spiro atoms. The van der Waals surface area contributed by atoms with Crippen LogP contribution in [0.15, 0.2) is 0 Å². The van der Waals surface area contributed by atoms with Crippen LogP contribution in [0.3, 0.4) is 0 Å². The fraction of sp³-hybridized carbons (Fsp3) is 1.00. The molecular formula is C18H36N2O. The molecule has 2 unspecified atom stereocenters. The van der Waals surface area contributed by atoms with Gasteiger partial charge in [0.1, 0.15) is 0 Å². The van der Waals surface area contributed by atoms with Crippen LogP contribution in [0.5, 0.6) is 0 Å². The van der Waals surface area contributed by atoms with E-state index >= 15 is 0 Å². The molecule has 0 aromatic rings. The van der Waals surface area contributed by atoms with Crippen LogP contribution in [-0.2, 0) is 4.74 Å². The number of hydrogen-bond acceptors (Lipinski definition) is 3. The van der Waals surface area contributed by atoms with E-state index in [9.17, 15) is 0 Å². The molecule has 2 fully saturated rings. The molecular weight excluding hydrogens is 260 g/mol. The average molecular weight is 296 g/mol. The molecule has 21 heavy (non-hydrogen) atoms. The highest BCUT2D eigenvalue weighted by Gasteiger charge is 2.38. The van der Waals surface area contributed by atoms with Crippen LogP contribution >= 0.6 is 0 Å². The Morgan fingerprint density at radius 1 is 1.33 bits per heavy atom. The van der Waals surface area contributed by atoms with E-state index in [0.29, 0.717) is 11.5 Å². The summed E-state index contributed by atoms with van der Waals surface area (Å²) in [7, 11) is 0. The Hall–Kier alpha value is -0.120. The second-order valence-corrected chi connectivity index (χ2v) is 8.56. The summed E-state index contributed by atoms with van der Waals surface area (Å²) in [5.41, 5.74) is 0.487. The summed E-state index contributed by atoms with van der Waals surface area (Å²) >= 11 is 0. The maximum atomic E-state index is 5.88. The van der Waals surface area contributed by atoms with E-state index in [-0.39, 0.29) is 5.60 Å². The number of nitrogens with one attached hydrogen (secondary N) is 1. The van der Waals surface area contributed by atoms with Gasteiger partial charge in [-0.2, -0.15) is 0 Å². The normalized spacial score (nSPS) is 34.3. The topological polar surface area (TPSA) is 24.5 Å². The zero-order valence-electron chi connectivity index (χ0n) is 14.9. The van der Waals surface area contributed by atoms with Crippen LogP contribution in [-0.4, -0.2) is 49.3 Å². The number of ether oxygens (including phenoxy) is 1. The first-order valence-corrected chi connectivity index (χ1v) is 8.90. The lowest BCUT2D eigenvalue weighted by Crippen LogP contribution is -2.54. The quantitative estimate of drug-likeness (QED) is 0.842. The van der Waals surface area contributed by atoms with Crippen molar-refractivity contribution in [2.45, 2.75) is 71.9 Å². The van der Waals surface area contributed by atoms with Crippen molar-refractivity contribution >= 4 is 0 Å². The Morgan fingerprint density at radius 2 is 2.10 bits per heavy atom. The van der Waals surface area contributed by atoms with Gasteiger partial charge in [0.2, 0.25) is 0 Å². The van der Waals surface area contributed by atoms with E-state index in [1.165, 1.54) is 38.8 Å². The smallest absolute Gasteiger partial charge is 0.0753 e. The fourth-order valence-corrected chi connectivity index (χ4v) is 4.27. The largest absolute Gasteiger partial charge is 0.373 e. The van der Waals surface area contributed by atoms with Gasteiger partial charge >= 0.3 is 0 Å². The van der Waals surface area contributed by atoms with Gasteiger partial charge in [-0.3, -0.25) is 4.90 Å². The second-order valence-electron chi connectivity index (χ2n) is 8.56. The van der Waals surface area contributed by atoms with Crippen LogP contribution < -0.4 is 5.32 Å². The molecule has 0 amide bonds. The van der Waals surface area contributed by atoms with Gasteiger partial charge in [-0.15, -0.1) is 0 Å². The highest BCUT2D eigenvalue weighted by atomic mass is 16.5. The van der Waals surface area contributed by atoms with E-state index in [0.717, 1.165) is 25.6 Å². The highest BCUT2D eigenvalue weighted by molar-refractivity contribution is 4.92. The molecule has 0 aromatic heterocycles. The third-order valence-electron chi connectivity index (χ3n) is 5.13. The first-order valence-electron chi connectivity index (χ1n) is 8.90. The van der Waals surface area contributed by atoms with Gasteiger partial charge < -0.3 is 10.1 Å². The van der Waals surface area contributed by atoms with Crippen molar-refractivity contribution < 1.29 is 4.74 Å². The summed E-state index contributed by atoms with van der Waals surface area (Å²) in [6, 6.07) is 0.584. The number of morpholine rings is 1. The zero-order valence-corrected chi connectivity index (χ0v) is 14.9. The van der Waals surface area contributed by atoms with Crippen molar-refractivity contribution in [2.75, 3.05) is 32.8 Å². The molecule has 1 N–H and O–H groups in total. The molecule has 1 heterocycles. The van der Waals surface area contributed by atoms with Gasteiger partial charge in [-0.05, 0) is 38.0 Å². The molecule has 1 aliphatic heterocycles. The Kier molecular flexibility index (Phi) is 5.72. The zero-order chi connectivity index (χ0) is 15.5. The van der Waals surface area contributed by atoms with E-state index < -0.39 is 0 Å². The summed E-state index contributed by atoms with van der Waals surface area (Å²) in [6.45, 7) is 16.9. The molecule has 2 atom stereocenters. The summed E-state index contributed by atoms with van der Waals surface area (Å²) in [6.07, 6.45) is 5.58. The third kappa shape index (κ3) is 5.22. The standard InChI is InChI=1S/C18H36N2O/c1-15(2)19-12-18(8-6-7-16(3)11-18)14-20-9-10-21-17(4,5)13-20/h15-16,19H,6-14H2,1-5H3. The van der Waals surface area contributed by atoms with Gasteiger partial charge in [0, 0.05) is 32.2 Å². The van der Waals surface area contributed by atoms with Crippen LogP contribution in [0.2, 0.25) is 0 Å². The highest BCUT2D eigenvalue weighted by Crippen LogP contribution is 2.40. The van der Waals surface area contributed by atoms with Crippen LogP contribution in [0.1, 0.15) is 60.3 Å². The van der Waals surface area contributed by atoms with E-state index in [1.807, 2.05) is 0 Å². The van der Waals surface area contributed by atoms with Gasteiger partial charge in [-0.1, -0.05) is 33.6 Å². The number of hydrogen-bond donors (Lipinski definition) is 1. The Balaban J connectivity index is 2.01. The first-order chi connectivity index (χ1) is 9.80. The molecule has 3 nitrogen and oxygen atoms in total. The first kappa shape index (κ1) is 17.2. The van der Waals surface area contributed by atoms with Crippen molar-refractivity contribution in [1.82, 2.24) is 10.2 Å². The lowest BCUT2D eigenvalue weighted by Gasteiger charge is -2.47. The minimum absolute atomic E-state index is 0.0190. The van der Waals surface area contributed by atoms with E-state index in [4.69, 9.17) is 4.74 Å². The molecule has 0 radical (unpaired) electrons. The van der Waals surface area contributed by atoms with Gasteiger partial charge in [0.25, 0.3) is 0 Å². The fourth-order valence-electron chi connectivity index (χ4n) is 4.27. The van der Waals surface area contributed by atoms with Crippen LogP contribution in [0, 0.1) is 11.3 Å². The van der Waals surface area contributed by atoms with Crippen LogP contribution in [0.25, 0.3) is 0 Å². The van der Waals surface area contributed by atoms with E-state index in [1.54, 1.807) is 0 Å². The molecule has 124 valence electrons. The Morgan fingerprint density at radius 3 is 2.71 bits per heavy atom. The molecule has 3 heteroatoms.